The summed E-state index contributed by atoms with van der Waals surface area (Å²) in [5, 5.41) is 10.5. The monoisotopic (exact) mass is 494 g/mol. The molecule has 4 aliphatic carbocycles. The Kier molecular flexibility index (Phi) is 5.72. The number of hydrogen-bond acceptors (Lipinski definition) is 3. The van der Waals surface area contributed by atoms with Gasteiger partial charge >= 0.3 is 0 Å². The minimum atomic E-state index is -0.966. The quantitative estimate of drug-likeness (QED) is 0.507. The number of aliphatic hydroxyl groups is 1. The Bertz CT molecular complexity index is 1170. The highest BCUT2D eigenvalue weighted by Gasteiger charge is 2.62. The van der Waals surface area contributed by atoms with E-state index in [0.29, 0.717) is 30.1 Å². The van der Waals surface area contributed by atoms with Crippen LogP contribution in [0.3, 0.4) is 0 Å². The Morgan fingerprint density at radius 2 is 1.94 bits per heavy atom. The van der Waals surface area contributed by atoms with Crippen LogP contribution in [0.15, 0.2) is 24.5 Å². The van der Waals surface area contributed by atoms with Crippen molar-refractivity contribution in [1.82, 2.24) is 9.55 Å². The van der Waals surface area contributed by atoms with Crippen molar-refractivity contribution >= 4 is 16.8 Å². The van der Waals surface area contributed by atoms with Crippen LogP contribution in [0.25, 0.3) is 11.0 Å². The Morgan fingerprint density at radius 1 is 1.14 bits per heavy atom. The summed E-state index contributed by atoms with van der Waals surface area (Å²) in [5.41, 5.74) is 0.643. The first-order valence-corrected chi connectivity index (χ1v) is 14.4. The normalized spacial score (nSPS) is 40.5. The van der Waals surface area contributed by atoms with Crippen LogP contribution in [-0.2, 0) is 16.9 Å². The second-order valence-corrected chi connectivity index (χ2v) is 13.7. The molecule has 0 saturated heterocycles. The fourth-order valence-corrected chi connectivity index (χ4v) is 9.37. The van der Waals surface area contributed by atoms with Gasteiger partial charge < -0.3 is 9.67 Å². The van der Waals surface area contributed by atoms with Crippen LogP contribution in [0.4, 0.5) is 4.39 Å². The summed E-state index contributed by atoms with van der Waals surface area (Å²) in [6.07, 6.45) is 10.8. The van der Waals surface area contributed by atoms with Gasteiger partial charge in [-0.2, -0.15) is 0 Å². The third-order valence-electron chi connectivity index (χ3n) is 11.3. The maximum atomic E-state index is 16.6. The van der Waals surface area contributed by atoms with Crippen LogP contribution in [0.1, 0.15) is 91.0 Å². The number of Topliss-reactive ketones (excluding diaryl/α,β-unsaturated/α-hetero) is 1. The van der Waals surface area contributed by atoms with E-state index in [1.807, 2.05) is 22.8 Å². The number of carbonyl (C=O) groups is 1. The molecule has 0 spiro atoms. The number of benzene rings is 1. The zero-order chi connectivity index (χ0) is 25.5. The molecule has 0 bridgehead atoms. The van der Waals surface area contributed by atoms with Gasteiger partial charge in [0.15, 0.2) is 5.78 Å². The van der Waals surface area contributed by atoms with Gasteiger partial charge in [-0.3, -0.25) is 4.79 Å². The van der Waals surface area contributed by atoms with E-state index < -0.39 is 11.3 Å². The SMILES string of the molecule is C[C@H]1CC[C@]2(F)C3CC[C@@]4(C)C(CC[C@@H]4C(=O)Cn4cnc5ccc(C(C)(C)O)cc54)[C@@H]3CC[C@@H]2C1. The summed E-state index contributed by atoms with van der Waals surface area (Å²) in [5.74, 6) is 2.37. The van der Waals surface area contributed by atoms with Crippen molar-refractivity contribution in [3.63, 3.8) is 0 Å². The molecular weight excluding hydrogens is 451 g/mol. The van der Waals surface area contributed by atoms with Crippen LogP contribution >= 0.6 is 0 Å². The molecule has 2 unspecified atom stereocenters. The van der Waals surface area contributed by atoms with Crippen molar-refractivity contribution in [2.75, 3.05) is 0 Å². The molecular formula is C31H43FN2O2. The fourth-order valence-electron chi connectivity index (χ4n) is 9.37. The summed E-state index contributed by atoms with van der Waals surface area (Å²) in [6.45, 7) is 8.52. The average Bonchev–Trinajstić information content (AvgIpc) is 3.39. The molecule has 1 N–H and O–H groups in total. The van der Waals surface area contributed by atoms with E-state index in [9.17, 15) is 9.90 Å². The smallest absolute Gasteiger partial charge is 0.156 e. The highest BCUT2D eigenvalue weighted by molar-refractivity contribution is 5.84. The molecule has 4 fully saturated rings. The van der Waals surface area contributed by atoms with Crippen LogP contribution in [0, 0.1) is 40.9 Å². The number of halogens is 1. The molecule has 1 aromatic heterocycles. The van der Waals surface area contributed by atoms with Gasteiger partial charge in [-0.15, -0.1) is 0 Å². The molecule has 1 heterocycles. The van der Waals surface area contributed by atoms with E-state index in [-0.39, 0.29) is 23.2 Å². The number of alkyl halides is 1. The van der Waals surface area contributed by atoms with Gasteiger partial charge in [0.2, 0.25) is 0 Å². The molecule has 5 heteroatoms. The molecule has 36 heavy (non-hydrogen) atoms. The lowest BCUT2D eigenvalue weighted by atomic mass is 9.48. The summed E-state index contributed by atoms with van der Waals surface area (Å²) in [7, 11) is 0. The molecule has 0 radical (unpaired) electrons. The molecule has 196 valence electrons. The largest absolute Gasteiger partial charge is 0.386 e. The highest BCUT2D eigenvalue weighted by atomic mass is 19.1. The number of fused-ring (bicyclic) bond motifs is 6. The number of rotatable bonds is 4. The first kappa shape index (κ1) is 24.6. The zero-order valence-electron chi connectivity index (χ0n) is 22.5. The molecule has 4 nitrogen and oxygen atoms in total. The standard InChI is InChI=1S/C31H43FN2O2/c1-19-11-14-31(32)21(15-19)5-7-22-23-8-9-25(30(23,4)13-12-24(22)31)28(35)17-34-18-33-26-10-6-20(16-27(26)34)29(2,3)36/h6,10,16,18-19,21-25,36H,5,7-9,11-15,17H2,1-4H3/t19-,21+,22-,23?,24?,25+,30-,31+/m0/s1. The van der Waals surface area contributed by atoms with Crippen molar-refractivity contribution in [2.45, 2.75) is 103 Å². The lowest BCUT2D eigenvalue weighted by Gasteiger charge is -2.58. The molecule has 4 aliphatic rings. The van der Waals surface area contributed by atoms with E-state index in [4.69, 9.17) is 0 Å². The van der Waals surface area contributed by atoms with E-state index in [1.165, 1.54) is 0 Å². The average molecular weight is 495 g/mol. The highest BCUT2D eigenvalue weighted by Crippen LogP contribution is 2.66. The van der Waals surface area contributed by atoms with Gasteiger partial charge in [-0.1, -0.05) is 19.9 Å². The van der Waals surface area contributed by atoms with Crippen LogP contribution in [0.5, 0.6) is 0 Å². The molecule has 6 rings (SSSR count). The first-order valence-electron chi connectivity index (χ1n) is 14.4. The van der Waals surface area contributed by atoms with E-state index in [2.05, 4.69) is 18.8 Å². The van der Waals surface area contributed by atoms with E-state index in [0.717, 1.165) is 74.4 Å². The van der Waals surface area contributed by atoms with Crippen molar-refractivity contribution in [3.05, 3.63) is 30.1 Å². The maximum Gasteiger partial charge on any atom is 0.156 e. The first-order chi connectivity index (χ1) is 17.0. The number of hydrogen-bond donors (Lipinski definition) is 1. The number of imidazole rings is 1. The van der Waals surface area contributed by atoms with Gasteiger partial charge in [-0.25, -0.2) is 9.37 Å². The van der Waals surface area contributed by atoms with Crippen LogP contribution in [0.2, 0.25) is 0 Å². The van der Waals surface area contributed by atoms with E-state index >= 15 is 4.39 Å². The Labute approximate surface area is 215 Å². The minimum Gasteiger partial charge on any atom is -0.386 e. The zero-order valence-corrected chi connectivity index (χ0v) is 22.5. The summed E-state index contributed by atoms with van der Waals surface area (Å²) < 4.78 is 18.5. The van der Waals surface area contributed by atoms with E-state index in [1.54, 1.807) is 20.2 Å². The summed E-state index contributed by atoms with van der Waals surface area (Å²) >= 11 is 0. The van der Waals surface area contributed by atoms with Gasteiger partial charge in [0.25, 0.3) is 0 Å². The van der Waals surface area contributed by atoms with Crippen molar-refractivity contribution in [2.24, 2.45) is 40.9 Å². The molecule has 1 aromatic carbocycles. The molecule has 8 atom stereocenters. The summed E-state index contributed by atoms with van der Waals surface area (Å²) in [6, 6.07) is 5.79. The third kappa shape index (κ3) is 3.70. The van der Waals surface area contributed by atoms with Crippen LogP contribution in [-0.4, -0.2) is 26.1 Å². The number of ketones is 1. The number of aromatic nitrogens is 2. The van der Waals surface area contributed by atoms with Crippen LogP contribution < -0.4 is 0 Å². The lowest BCUT2D eigenvalue weighted by molar-refractivity contribution is -0.146. The maximum absolute atomic E-state index is 16.6. The van der Waals surface area contributed by atoms with Gasteiger partial charge in [0.1, 0.15) is 5.67 Å². The molecule has 4 saturated carbocycles. The number of nitrogens with zero attached hydrogens (tertiary/aromatic N) is 2. The minimum absolute atomic E-state index is 0.0158. The molecule has 0 aliphatic heterocycles. The Hall–Kier alpha value is -1.75. The lowest BCUT2D eigenvalue weighted by Crippen LogP contribution is -2.56. The van der Waals surface area contributed by atoms with Gasteiger partial charge in [0.05, 0.1) is 29.5 Å². The second-order valence-electron chi connectivity index (χ2n) is 13.7. The predicted octanol–water partition coefficient (Wildman–Crippen LogP) is 6.83. The Morgan fingerprint density at radius 3 is 2.72 bits per heavy atom. The van der Waals surface area contributed by atoms with Crippen molar-refractivity contribution in [3.8, 4) is 0 Å². The molecule has 2 aromatic rings. The Balaban J connectivity index is 1.22. The molecule has 0 amide bonds. The third-order valence-corrected chi connectivity index (χ3v) is 11.3. The van der Waals surface area contributed by atoms with Crippen molar-refractivity contribution < 1.29 is 14.3 Å². The topological polar surface area (TPSA) is 55.1 Å². The van der Waals surface area contributed by atoms with Crippen molar-refractivity contribution in [1.29, 1.82) is 0 Å². The van der Waals surface area contributed by atoms with Gasteiger partial charge in [0, 0.05) is 5.92 Å². The number of carbonyl (C=O) groups excluding carboxylic acids is 1. The summed E-state index contributed by atoms with van der Waals surface area (Å²) in [4.78, 5) is 18.3. The van der Waals surface area contributed by atoms with Gasteiger partial charge in [-0.05, 0) is 124 Å². The predicted molar refractivity (Wildman–Crippen MR) is 140 cm³/mol. The second kappa shape index (κ2) is 8.38. The fraction of sp³-hybridized carbons (Fsp3) is 0.742.